The van der Waals surface area contributed by atoms with E-state index in [0.717, 1.165) is 12.1 Å². The zero-order valence-electron chi connectivity index (χ0n) is 8.46. The van der Waals surface area contributed by atoms with E-state index in [0.29, 0.717) is 0 Å². The summed E-state index contributed by atoms with van der Waals surface area (Å²) in [6.45, 7) is 3.21. The molecule has 0 N–H and O–H groups in total. The minimum atomic E-state index is -4.46. The Hall–Kier alpha value is -1.01. The Morgan fingerprint density at radius 3 is 2.41 bits per heavy atom. The van der Waals surface area contributed by atoms with Crippen LogP contribution in [0.3, 0.4) is 0 Å². The molecule has 0 aliphatic rings. The Balaban J connectivity index is 2.99. The highest BCUT2D eigenvalue weighted by Gasteiger charge is 2.30. The van der Waals surface area contributed by atoms with Crippen LogP contribution in [0.1, 0.15) is 11.1 Å². The molecule has 0 atom stereocenters. The summed E-state index contributed by atoms with van der Waals surface area (Å²) in [5.41, 5.74) is -0.649. The highest BCUT2D eigenvalue weighted by molar-refractivity contribution is 8.16. The first-order valence-electron chi connectivity index (χ1n) is 4.39. The van der Waals surface area contributed by atoms with Gasteiger partial charge in [0.15, 0.2) is 0 Å². The molecule has 7 heteroatoms. The topological polar surface area (TPSA) is 34.1 Å². The van der Waals surface area contributed by atoms with Gasteiger partial charge in [0.1, 0.15) is 0 Å². The van der Waals surface area contributed by atoms with E-state index in [2.05, 4.69) is 6.58 Å². The third-order valence-corrected chi connectivity index (χ3v) is 3.49. The van der Waals surface area contributed by atoms with Crippen molar-refractivity contribution in [1.82, 2.24) is 0 Å². The average molecular weight is 285 g/mol. The third-order valence-electron chi connectivity index (χ3n) is 2.00. The van der Waals surface area contributed by atoms with Crippen LogP contribution in [0, 0.1) is 0 Å². The van der Waals surface area contributed by atoms with Gasteiger partial charge in [0, 0.05) is 17.1 Å². The first-order chi connectivity index (χ1) is 7.60. The molecule has 0 bridgehead atoms. The molecule has 0 saturated heterocycles. The summed E-state index contributed by atoms with van der Waals surface area (Å²) in [6, 6.07) is 4.35. The number of rotatable bonds is 3. The smallest absolute Gasteiger partial charge is 0.207 e. The van der Waals surface area contributed by atoms with E-state index in [-0.39, 0.29) is 16.9 Å². The fourth-order valence-corrected chi connectivity index (χ4v) is 1.67. The largest absolute Gasteiger partial charge is 0.416 e. The van der Waals surface area contributed by atoms with Crippen LogP contribution >= 0.6 is 10.7 Å². The molecule has 0 unspecified atom stereocenters. The Kier molecular flexibility index (Phi) is 3.88. The van der Waals surface area contributed by atoms with Crippen LogP contribution in [0.25, 0.3) is 0 Å². The first-order valence-corrected chi connectivity index (χ1v) is 6.70. The van der Waals surface area contributed by atoms with Crippen LogP contribution in [-0.2, 0) is 21.6 Å². The van der Waals surface area contributed by atoms with Gasteiger partial charge in [0.25, 0.3) is 9.05 Å². The fourth-order valence-electron chi connectivity index (χ4n) is 1.17. The van der Waals surface area contributed by atoms with E-state index in [4.69, 9.17) is 10.7 Å². The minimum Gasteiger partial charge on any atom is -0.207 e. The molecular weight excluding hydrogens is 277 g/mol. The van der Waals surface area contributed by atoms with Crippen LogP contribution in [-0.4, -0.2) is 8.42 Å². The molecule has 2 nitrogen and oxygen atoms in total. The zero-order chi connectivity index (χ0) is 13.3. The van der Waals surface area contributed by atoms with Crippen molar-refractivity contribution in [1.29, 1.82) is 0 Å². The molecule has 0 heterocycles. The van der Waals surface area contributed by atoms with Crippen LogP contribution in [0.4, 0.5) is 13.2 Å². The second-order valence-corrected chi connectivity index (χ2v) is 6.02. The molecule has 0 saturated carbocycles. The molecular formula is C10H8ClF3O2S. The maximum Gasteiger partial charge on any atom is 0.416 e. The van der Waals surface area contributed by atoms with Crippen LogP contribution in [0.5, 0.6) is 0 Å². The van der Waals surface area contributed by atoms with Crippen LogP contribution < -0.4 is 0 Å². The van der Waals surface area contributed by atoms with Crippen LogP contribution in [0.15, 0.2) is 35.7 Å². The van der Waals surface area contributed by atoms with E-state index in [9.17, 15) is 21.6 Å². The number of alkyl halides is 3. The molecule has 0 spiro atoms. The predicted octanol–water partition coefficient (Wildman–Crippen LogP) is 3.33. The Morgan fingerprint density at radius 1 is 1.35 bits per heavy atom. The van der Waals surface area contributed by atoms with Gasteiger partial charge in [-0.2, -0.15) is 13.2 Å². The molecule has 1 aromatic carbocycles. The summed E-state index contributed by atoms with van der Waals surface area (Å²) in [5.74, 6) is 0. The summed E-state index contributed by atoms with van der Waals surface area (Å²) in [4.78, 5) is -0.335. The lowest BCUT2D eigenvalue weighted by Gasteiger charge is -2.08. The fraction of sp³-hybridized carbons (Fsp3) is 0.200. The summed E-state index contributed by atoms with van der Waals surface area (Å²) >= 11 is 0. The van der Waals surface area contributed by atoms with E-state index in [1.54, 1.807) is 0 Å². The summed E-state index contributed by atoms with van der Waals surface area (Å²) < 4.78 is 58.8. The van der Waals surface area contributed by atoms with Gasteiger partial charge >= 0.3 is 6.18 Å². The highest BCUT2D eigenvalue weighted by atomic mass is 35.7. The second kappa shape index (κ2) is 4.70. The van der Waals surface area contributed by atoms with Gasteiger partial charge in [0.05, 0.1) is 10.5 Å². The quantitative estimate of drug-likeness (QED) is 0.798. The van der Waals surface area contributed by atoms with Crippen molar-refractivity contribution >= 4 is 19.7 Å². The van der Waals surface area contributed by atoms with E-state index >= 15 is 0 Å². The zero-order valence-corrected chi connectivity index (χ0v) is 10.0. The Bertz CT molecular complexity index is 535. The number of halogens is 4. The van der Waals surface area contributed by atoms with Gasteiger partial charge < -0.3 is 0 Å². The maximum atomic E-state index is 12.4. The molecule has 1 rings (SSSR count). The monoisotopic (exact) mass is 284 g/mol. The van der Waals surface area contributed by atoms with Gasteiger partial charge in [-0.15, -0.1) is 0 Å². The Labute approximate surface area is 101 Å². The molecule has 94 valence electrons. The first kappa shape index (κ1) is 14.1. The standard InChI is InChI=1S/C10H8ClF3O2S/c1-7(17(11,15)16)5-8-3-2-4-9(6-8)10(12,13)14/h2-4,6H,1,5H2. The van der Waals surface area contributed by atoms with Gasteiger partial charge in [-0.1, -0.05) is 24.8 Å². The van der Waals surface area contributed by atoms with Crippen molar-refractivity contribution in [2.75, 3.05) is 0 Å². The lowest BCUT2D eigenvalue weighted by Crippen LogP contribution is -2.06. The van der Waals surface area contributed by atoms with Crippen molar-refractivity contribution in [2.24, 2.45) is 0 Å². The summed E-state index contributed by atoms with van der Waals surface area (Å²) in [5, 5.41) is 0. The number of hydrogen-bond donors (Lipinski definition) is 0. The molecule has 0 aromatic heterocycles. The van der Waals surface area contributed by atoms with Crippen LogP contribution in [0.2, 0.25) is 0 Å². The normalized spacial score (nSPS) is 12.5. The minimum absolute atomic E-state index is 0.189. The van der Waals surface area contributed by atoms with Crippen molar-refractivity contribution in [3.8, 4) is 0 Å². The van der Waals surface area contributed by atoms with Gasteiger partial charge in [-0.3, -0.25) is 0 Å². The number of benzene rings is 1. The van der Waals surface area contributed by atoms with E-state index < -0.39 is 20.8 Å². The molecule has 0 aliphatic heterocycles. The third kappa shape index (κ3) is 4.05. The summed E-state index contributed by atoms with van der Waals surface area (Å²) in [7, 11) is 1.06. The highest BCUT2D eigenvalue weighted by Crippen LogP contribution is 2.30. The van der Waals surface area contributed by atoms with Gasteiger partial charge in [0.2, 0.25) is 0 Å². The molecule has 0 amide bonds. The molecule has 0 radical (unpaired) electrons. The van der Waals surface area contributed by atoms with Crippen molar-refractivity contribution < 1.29 is 21.6 Å². The van der Waals surface area contributed by atoms with E-state index in [1.807, 2.05) is 0 Å². The SMILES string of the molecule is C=C(Cc1cccc(C(F)(F)F)c1)S(=O)(=O)Cl. The predicted molar refractivity (Wildman–Crippen MR) is 59.1 cm³/mol. The van der Waals surface area contributed by atoms with Crippen molar-refractivity contribution in [2.45, 2.75) is 12.6 Å². The average Bonchev–Trinajstić information content (AvgIpc) is 2.15. The molecule has 0 aliphatic carbocycles. The van der Waals surface area contributed by atoms with E-state index in [1.165, 1.54) is 12.1 Å². The van der Waals surface area contributed by atoms with Crippen molar-refractivity contribution in [3.63, 3.8) is 0 Å². The number of allylic oxidation sites excluding steroid dienone is 1. The second-order valence-electron chi connectivity index (χ2n) is 3.35. The van der Waals surface area contributed by atoms with Crippen molar-refractivity contribution in [3.05, 3.63) is 46.9 Å². The summed E-state index contributed by atoms with van der Waals surface area (Å²) in [6.07, 6.45) is -4.70. The maximum absolute atomic E-state index is 12.4. The Morgan fingerprint density at radius 2 is 1.94 bits per heavy atom. The van der Waals surface area contributed by atoms with Gasteiger partial charge in [-0.05, 0) is 11.6 Å². The number of hydrogen-bond acceptors (Lipinski definition) is 2. The van der Waals surface area contributed by atoms with Gasteiger partial charge in [-0.25, -0.2) is 8.42 Å². The molecule has 1 aromatic rings. The molecule has 0 fully saturated rings. The molecule has 17 heavy (non-hydrogen) atoms. The lowest BCUT2D eigenvalue weighted by atomic mass is 10.1. The lowest BCUT2D eigenvalue weighted by molar-refractivity contribution is -0.137.